The molecule has 0 saturated carbocycles. The first-order valence-electron chi connectivity index (χ1n) is 8.88. The van der Waals surface area contributed by atoms with E-state index in [-0.39, 0.29) is 0 Å². The zero-order valence-corrected chi connectivity index (χ0v) is 18.9. The highest BCUT2D eigenvalue weighted by molar-refractivity contribution is 8.02. The highest BCUT2D eigenvalue weighted by Gasteiger charge is 2.29. The molecule has 2 aromatic rings. The lowest BCUT2D eigenvalue weighted by atomic mass is 10.1. The first-order chi connectivity index (χ1) is 13.6. The molecule has 0 aliphatic rings. The molecule has 2 rings (SSSR count). The molecular formula is C20H25ClN4O2S2. The van der Waals surface area contributed by atoms with Gasteiger partial charge in [-0.1, -0.05) is 35.5 Å². The van der Waals surface area contributed by atoms with Crippen LogP contribution in [0, 0.1) is 0 Å². The maximum Gasteiger partial charge on any atom is 0.319 e. The van der Waals surface area contributed by atoms with Crippen LogP contribution in [0.15, 0.2) is 51.5 Å². The minimum absolute atomic E-state index is 0.541. The minimum Gasteiger partial charge on any atom is -0.480 e. The fourth-order valence-electron chi connectivity index (χ4n) is 2.21. The summed E-state index contributed by atoms with van der Waals surface area (Å²) in [6, 6.07) is 7.29. The van der Waals surface area contributed by atoms with Gasteiger partial charge in [-0.05, 0) is 50.1 Å². The quantitative estimate of drug-likeness (QED) is 0.335. The van der Waals surface area contributed by atoms with Gasteiger partial charge in [-0.3, -0.25) is 4.79 Å². The molecule has 0 saturated heterocycles. The fraction of sp³-hybridized carbons (Fsp3) is 0.300. The summed E-state index contributed by atoms with van der Waals surface area (Å²) in [7, 11) is 0. The van der Waals surface area contributed by atoms with Crippen molar-refractivity contribution < 1.29 is 9.90 Å². The largest absolute Gasteiger partial charge is 0.480 e. The normalized spacial score (nSPS) is 13.2. The number of nitrogens with two attached hydrogens (primary N) is 2. The van der Waals surface area contributed by atoms with E-state index in [1.807, 2.05) is 30.5 Å². The van der Waals surface area contributed by atoms with Crippen LogP contribution in [0.1, 0.15) is 32.0 Å². The number of hydrogen-bond donors (Lipinski definition) is 4. The van der Waals surface area contributed by atoms with E-state index >= 15 is 0 Å². The fourth-order valence-corrected chi connectivity index (χ4v) is 4.57. The van der Waals surface area contributed by atoms with E-state index < -0.39 is 10.7 Å². The number of allylic oxidation sites excluding steroid dienone is 2. The van der Waals surface area contributed by atoms with E-state index in [2.05, 4.69) is 10.3 Å². The van der Waals surface area contributed by atoms with Crippen molar-refractivity contribution in [2.45, 2.75) is 36.3 Å². The number of carboxylic acid groups (broad SMARTS) is 1. The average molecular weight is 453 g/mol. The lowest BCUT2D eigenvalue weighted by Gasteiger charge is -2.15. The van der Waals surface area contributed by atoms with Crippen molar-refractivity contribution in [2.75, 3.05) is 6.54 Å². The molecule has 0 aliphatic heterocycles. The van der Waals surface area contributed by atoms with Gasteiger partial charge in [0, 0.05) is 29.1 Å². The molecule has 1 aromatic heterocycles. The van der Waals surface area contributed by atoms with Gasteiger partial charge < -0.3 is 21.9 Å². The van der Waals surface area contributed by atoms with Gasteiger partial charge in [-0.2, -0.15) is 0 Å². The zero-order valence-electron chi connectivity index (χ0n) is 16.5. The third kappa shape index (κ3) is 6.99. The number of nitrogens with one attached hydrogen (secondary N) is 1. The topological polar surface area (TPSA) is 114 Å². The number of nitrogens with zero attached hydrogens (tertiary/aromatic N) is 1. The van der Waals surface area contributed by atoms with Gasteiger partial charge in [0.25, 0.3) is 0 Å². The Morgan fingerprint density at radius 3 is 2.62 bits per heavy atom. The molecular weight excluding hydrogens is 428 g/mol. The van der Waals surface area contributed by atoms with Gasteiger partial charge in [-0.25, -0.2) is 4.98 Å². The second kappa shape index (κ2) is 10.0. The van der Waals surface area contributed by atoms with Crippen molar-refractivity contribution in [3.05, 3.63) is 63.4 Å². The molecule has 6 nitrogen and oxygen atoms in total. The first-order valence-corrected chi connectivity index (χ1v) is 11.0. The van der Waals surface area contributed by atoms with Crippen LogP contribution in [0.3, 0.4) is 0 Å². The number of aromatic nitrogens is 1. The van der Waals surface area contributed by atoms with Gasteiger partial charge in [0.15, 0.2) is 4.34 Å². The number of thiazole rings is 1. The van der Waals surface area contributed by atoms with E-state index in [1.54, 1.807) is 26.0 Å². The number of aliphatic carboxylic acids is 1. The van der Waals surface area contributed by atoms with Crippen molar-refractivity contribution in [1.29, 1.82) is 0 Å². The van der Waals surface area contributed by atoms with Crippen LogP contribution in [0.2, 0.25) is 5.02 Å². The Hall–Kier alpha value is -2.16. The Balaban J connectivity index is 1.91. The van der Waals surface area contributed by atoms with Crippen LogP contribution in [0.25, 0.3) is 5.70 Å². The lowest BCUT2D eigenvalue weighted by Crippen LogP contribution is -2.26. The van der Waals surface area contributed by atoms with E-state index in [0.717, 1.165) is 21.2 Å². The molecule has 0 unspecified atom stereocenters. The van der Waals surface area contributed by atoms with Gasteiger partial charge >= 0.3 is 5.97 Å². The van der Waals surface area contributed by atoms with Crippen molar-refractivity contribution in [3.8, 4) is 0 Å². The minimum atomic E-state index is -0.909. The van der Waals surface area contributed by atoms with Crippen LogP contribution in [-0.4, -0.2) is 27.4 Å². The smallest absolute Gasteiger partial charge is 0.319 e. The summed E-state index contributed by atoms with van der Waals surface area (Å²) in [6.45, 7) is 5.82. The lowest BCUT2D eigenvalue weighted by molar-refractivity contribution is -0.138. The summed E-state index contributed by atoms with van der Waals surface area (Å²) in [6.07, 6.45) is 2.49. The maximum atomic E-state index is 11.2. The summed E-state index contributed by atoms with van der Waals surface area (Å²) in [5.41, 5.74) is 15.4. The number of benzene rings is 1. The summed E-state index contributed by atoms with van der Waals surface area (Å²) in [4.78, 5) is 15.7. The number of carboxylic acids is 1. The number of halogens is 1. The third-order valence-corrected chi connectivity index (χ3v) is 6.48. The molecule has 0 fully saturated rings. The summed E-state index contributed by atoms with van der Waals surface area (Å²) in [5.74, 6) is -0.320. The second-order valence-electron chi connectivity index (χ2n) is 6.90. The summed E-state index contributed by atoms with van der Waals surface area (Å²) in [5, 5.41) is 15.0. The van der Waals surface area contributed by atoms with Crippen LogP contribution < -0.4 is 16.8 Å². The van der Waals surface area contributed by atoms with Gasteiger partial charge in [-0.15, -0.1) is 11.3 Å². The van der Waals surface area contributed by atoms with Gasteiger partial charge in [0.1, 0.15) is 4.75 Å². The van der Waals surface area contributed by atoms with Crippen molar-refractivity contribution >= 4 is 46.4 Å². The molecule has 0 aliphatic carbocycles. The molecule has 6 N–H and O–H groups in total. The van der Waals surface area contributed by atoms with Crippen molar-refractivity contribution in [2.24, 2.45) is 11.5 Å². The average Bonchev–Trinajstić information content (AvgIpc) is 3.08. The Labute approximate surface area is 184 Å². The second-order valence-corrected chi connectivity index (χ2v) is 10.1. The van der Waals surface area contributed by atoms with Crippen molar-refractivity contribution in [3.63, 3.8) is 0 Å². The van der Waals surface area contributed by atoms with Crippen LogP contribution in [0.5, 0.6) is 0 Å². The highest BCUT2D eigenvalue weighted by atomic mass is 35.5. The molecule has 0 amide bonds. The molecule has 0 bridgehead atoms. The summed E-state index contributed by atoms with van der Waals surface area (Å²) < 4.78 is -0.167. The van der Waals surface area contributed by atoms with Crippen LogP contribution in [-0.2, 0) is 11.2 Å². The van der Waals surface area contributed by atoms with E-state index in [4.69, 9.17) is 23.1 Å². The monoisotopic (exact) mass is 452 g/mol. The Morgan fingerprint density at radius 1 is 1.34 bits per heavy atom. The van der Waals surface area contributed by atoms with Crippen LogP contribution >= 0.6 is 34.7 Å². The first kappa shape index (κ1) is 23.1. The molecule has 1 aromatic carbocycles. The Kier molecular flexibility index (Phi) is 8.01. The van der Waals surface area contributed by atoms with Gasteiger partial charge in [0.05, 0.1) is 11.5 Å². The molecule has 0 atom stereocenters. The number of carbonyl (C=O) groups is 1. The number of rotatable bonds is 9. The molecule has 156 valence electrons. The van der Waals surface area contributed by atoms with E-state index in [0.29, 0.717) is 29.5 Å². The SMILES string of the molecule is CC(/C=C(\N)c1ccc(Cl)cc1)=C(/N)NCCc1csc(SC(C)(C)C(=O)O)n1. The standard InChI is InChI=1S/C20H25ClN4O2S2/c1-12(10-16(22)13-4-6-14(21)7-5-13)17(23)24-9-8-15-11-28-19(25-15)29-20(2,3)18(26)27/h4-7,10-11,24H,8-9,22-23H2,1-3H3,(H,26,27)/b16-10-,17-12+. The summed E-state index contributed by atoms with van der Waals surface area (Å²) >= 11 is 8.59. The number of hydrogen-bond acceptors (Lipinski definition) is 7. The number of thioether (sulfide) groups is 1. The molecule has 1 heterocycles. The third-order valence-electron chi connectivity index (χ3n) is 4.06. The Bertz CT molecular complexity index is 921. The van der Waals surface area contributed by atoms with Crippen molar-refractivity contribution in [1.82, 2.24) is 10.3 Å². The Morgan fingerprint density at radius 2 is 2.00 bits per heavy atom. The molecule has 0 radical (unpaired) electrons. The molecule has 29 heavy (non-hydrogen) atoms. The predicted octanol–water partition coefficient (Wildman–Crippen LogP) is 4.07. The predicted molar refractivity (Wildman–Crippen MR) is 122 cm³/mol. The molecule has 0 spiro atoms. The van der Waals surface area contributed by atoms with Crippen LogP contribution in [0.4, 0.5) is 0 Å². The zero-order chi connectivity index (χ0) is 21.6. The molecule has 9 heteroatoms. The van der Waals surface area contributed by atoms with E-state index in [9.17, 15) is 9.90 Å². The highest BCUT2D eigenvalue weighted by Crippen LogP contribution is 2.34. The maximum absolute atomic E-state index is 11.2. The van der Waals surface area contributed by atoms with E-state index in [1.165, 1.54) is 23.1 Å². The van der Waals surface area contributed by atoms with Gasteiger partial charge in [0.2, 0.25) is 0 Å².